The molecule has 34 heavy (non-hydrogen) atoms. The molecule has 4 rings (SSSR count). The van der Waals surface area contributed by atoms with Crippen LogP contribution in [0.5, 0.6) is 0 Å². The van der Waals surface area contributed by atoms with E-state index in [1.165, 1.54) is 24.3 Å². The van der Waals surface area contributed by atoms with Gasteiger partial charge in [-0.25, -0.2) is 13.8 Å². The Morgan fingerprint density at radius 3 is 2.32 bits per heavy atom. The van der Waals surface area contributed by atoms with Gasteiger partial charge in [0.25, 0.3) is 5.56 Å². The van der Waals surface area contributed by atoms with Gasteiger partial charge in [-0.3, -0.25) is 19.0 Å². The maximum absolute atomic E-state index is 13.1. The number of fused-ring (bicyclic) bond motifs is 1. The number of anilines is 1. The minimum atomic E-state index is -0.761. The summed E-state index contributed by atoms with van der Waals surface area (Å²) >= 11 is 1.13. The molecule has 0 radical (unpaired) electrons. The van der Waals surface area contributed by atoms with E-state index in [0.717, 1.165) is 26.0 Å². The molecule has 174 valence electrons. The van der Waals surface area contributed by atoms with Crippen LogP contribution in [0.15, 0.2) is 75.6 Å². The highest BCUT2D eigenvalue weighted by molar-refractivity contribution is 7.17. The average Bonchev–Trinajstić information content (AvgIpc) is 3.32. The number of thiophene rings is 1. The molecule has 0 aliphatic rings. The lowest BCUT2D eigenvalue weighted by atomic mass is 10.1. The van der Waals surface area contributed by atoms with Gasteiger partial charge in [0.05, 0.1) is 5.52 Å². The molecule has 0 saturated carbocycles. The van der Waals surface area contributed by atoms with Crippen LogP contribution in [-0.4, -0.2) is 27.5 Å². The smallest absolute Gasteiger partial charge is 0.332 e. The quantitative estimate of drug-likeness (QED) is 0.404. The third-order valence-corrected chi connectivity index (χ3v) is 6.04. The van der Waals surface area contributed by atoms with E-state index >= 15 is 0 Å². The van der Waals surface area contributed by atoms with Crippen molar-refractivity contribution in [1.82, 2.24) is 14.5 Å². The molecule has 2 amide bonds. The fourth-order valence-corrected chi connectivity index (χ4v) is 4.34. The van der Waals surface area contributed by atoms with Gasteiger partial charge in [0.1, 0.15) is 23.6 Å². The molecule has 2 N–H and O–H groups in total. The number of amides is 2. The van der Waals surface area contributed by atoms with Crippen LogP contribution in [0.4, 0.5) is 10.1 Å². The van der Waals surface area contributed by atoms with E-state index in [-0.39, 0.29) is 11.2 Å². The Bertz CT molecular complexity index is 1440. The molecule has 0 unspecified atom stereocenters. The van der Waals surface area contributed by atoms with Gasteiger partial charge in [0, 0.05) is 12.2 Å². The molecule has 0 aliphatic carbocycles. The van der Waals surface area contributed by atoms with Gasteiger partial charge in [-0.05, 0) is 47.7 Å². The highest BCUT2D eigenvalue weighted by Crippen LogP contribution is 2.15. The lowest BCUT2D eigenvalue weighted by molar-refractivity contribution is -0.121. The summed E-state index contributed by atoms with van der Waals surface area (Å²) in [6.45, 7) is -0.480. The Kier molecular flexibility index (Phi) is 6.98. The van der Waals surface area contributed by atoms with E-state index in [2.05, 4.69) is 10.6 Å². The first-order chi connectivity index (χ1) is 16.4. The number of benzene rings is 2. The molecular formula is C24H21FN4O4S. The molecule has 0 aliphatic heterocycles. The highest BCUT2D eigenvalue weighted by Gasteiger charge is 2.18. The molecule has 0 bridgehead atoms. The molecular weight excluding hydrogens is 459 g/mol. The van der Waals surface area contributed by atoms with Crippen LogP contribution in [0.2, 0.25) is 0 Å². The molecule has 0 spiro atoms. The van der Waals surface area contributed by atoms with E-state index in [9.17, 15) is 23.6 Å². The van der Waals surface area contributed by atoms with Gasteiger partial charge in [-0.1, -0.05) is 30.3 Å². The number of aromatic nitrogens is 2. The normalized spacial score (nSPS) is 10.9. The largest absolute Gasteiger partial charge is 0.354 e. The van der Waals surface area contributed by atoms with Crippen molar-refractivity contribution < 1.29 is 14.0 Å². The van der Waals surface area contributed by atoms with Crippen LogP contribution in [0.25, 0.3) is 10.2 Å². The highest BCUT2D eigenvalue weighted by atomic mass is 32.1. The first kappa shape index (κ1) is 23.1. The third kappa shape index (κ3) is 5.29. The summed E-state index contributed by atoms with van der Waals surface area (Å²) in [5.74, 6) is -1.45. The summed E-state index contributed by atoms with van der Waals surface area (Å²) in [6.07, 6.45) is 0.610. The molecule has 4 aromatic rings. The number of nitrogens with zero attached hydrogens (tertiary/aromatic N) is 2. The Hall–Kier alpha value is -4.05. The second kappa shape index (κ2) is 10.3. The van der Waals surface area contributed by atoms with Crippen LogP contribution in [0.3, 0.4) is 0 Å². The number of hydrogen-bond donors (Lipinski definition) is 2. The van der Waals surface area contributed by atoms with E-state index < -0.39 is 35.4 Å². The van der Waals surface area contributed by atoms with Gasteiger partial charge in [0.15, 0.2) is 0 Å². The average molecular weight is 481 g/mol. The molecule has 8 nitrogen and oxygen atoms in total. The molecule has 2 heterocycles. The fourth-order valence-electron chi connectivity index (χ4n) is 3.49. The van der Waals surface area contributed by atoms with Gasteiger partial charge in [-0.2, -0.15) is 0 Å². The Morgan fingerprint density at radius 1 is 0.882 bits per heavy atom. The van der Waals surface area contributed by atoms with Crippen molar-refractivity contribution >= 4 is 39.1 Å². The van der Waals surface area contributed by atoms with Crippen LogP contribution in [-0.2, 0) is 29.1 Å². The zero-order valence-corrected chi connectivity index (χ0v) is 18.8. The Morgan fingerprint density at radius 2 is 1.59 bits per heavy atom. The monoisotopic (exact) mass is 480 g/mol. The number of halogens is 1. The van der Waals surface area contributed by atoms with Gasteiger partial charge < -0.3 is 10.6 Å². The number of carbonyl (C=O) groups is 2. The van der Waals surface area contributed by atoms with Crippen molar-refractivity contribution in [3.05, 3.63) is 98.3 Å². The first-order valence-corrected chi connectivity index (χ1v) is 11.4. The summed E-state index contributed by atoms with van der Waals surface area (Å²) in [5.41, 5.74) is 0.392. The van der Waals surface area contributed by atoms with E-state index in [1.807, 2.05) is 30.3 Å². The van der Waals surface area contributed by atoms with Gasteiger partial charge in [-0.15, -0.1) is 11.3 Å². The summed E-state index contributed by atoms with van der Waals surface area (Å²) in [7, 11) is 0. The van der Waals surface area contributed by atoms with Crippen LogP contribution in [0, 0.1) is 5.82 Å². The number of hydrogen-bond acceptors (Lipinski definition) is 5. The van der Waals surface area contributed by atoms with Crippen molar-refractivity contribution in [3.8, 4) is 0 Å². The molecule has 2 aromatic heterocycles. The minimum absolute atomic E-state index is 0.270. The second-order valence-electron chi connectivity index (χ2n) is 7.54. The molecule has 2 aromatic carbocycles. The van der Waals surface area contributed by atoms with Crippen LogP contribution < -0.4 is 21.9 Å². The summed E-state index contributed by atoms with van der Waals surface area (Å²) in [5, 5.41) is 6.95. The van der Waals surface area contributed by atoms with Crippen LogP contribution >= 0.6 is 11.3 Å². The van der Waals surface area contributed by atoms with E-state index in [4.69, 9.17) is 0 Å². The first-order valence-electron chi connectivity index (χ1n) is 10.5. The SMILES string of the molecule is O=C(Cn1c(=O)c2sccc2n(CC(=O)Nc2ccc(F)cc2)c1=O)NCCc1ccccc1. The predicted molar refractivity (Wildman–Crippen MR) is 129 cm³/mol. The minimum Gasteiger partial charge on any atom is -0.354 e. The van der Waals surface area contributed by atoms with Crippen molar-refractivity contribution in [2.45, 2.75) is 19.5 Å². The topological polar surface area (TPSA) is 102 Å². The second-order valence-corrected chi connectivity index (χ2v) is 8.45. The Balaban J connectivity index is 1.51. The van der Waals surface area contributed by atoms with Gasteiger partial charge >= 0.3 is 5.69 Å². The lowest BCUT2D eigenvalue weighted by Gasteiger charge is -2.12. The van der Waals surface area contributed by atoms with Crippen molar-refractivity contribution in [1.29, 1.82) is 0 Å². The lowest BCUT2D eigenvalue weighted by Crippen LogP contribution is -2.44. The zero-order chi connectivity index (χ0) is 24.1. The van der Waals surface area contributed by atoms with Crippen molar-refractivity contribution in [2.24, 2.45) is 0 Å². The zero-order valence-electron chi connectivity index (χ0n) is 18.0. The molecule has 0 saturated heterocycles. The molecule has 10 heteroatoms. The van der Waals surface area contributed by atoms with E-state index in [0.29, 0.717) is 24.2 Å². The van der Waals surface area contributed by atoms with Crippen LogP contribution in [0.1, 0.15) is 5.56 Å². The van der Waals surface area contributed by atoms with Crippen molar-refractivity contribution in [2.75, 3.05) is 11.9 Å². The maximum Gasteiger partial charge on any atom is 0.332 e. The third-order valence-electron chi connectivity index (χ3n) is 5.15. The standard InChI is InChI=1S/C24H21FN4O4S/c25-17-6-8-18(9-7-17)27-21(31)15-28-19-11-13-34-22(19)23(32)29(24(28)33)14-20(30)26-12-10-16-4-2-1-3-5-16/h1-9,11,13H,10,12,14-15H2,(H,26,30)(H,27,31). The molecule has 0 fully saturated rings. The Labute approximate surface area is 197 Å². The fraction of sp³-hybridized carbons (Fsp3) is 0.167. The number of rotatable bonds is 8. The summed E-state index contributed by atoms with van der Waals surface area (Å²) < 4.78 is 15.4. The molecule has 0 atom stereocenters. The predicted octanol–water partition coefficient (Wildman–Crippen LogP) is 2.36. The summed E-state index contributed by atoms with van der Waals surface area (Å²) in [6, 6.07) is 16.4. The number of carbonyl (C=O) groups excluding carboxylic acids is 2. The van der Waals surface area contributed by atoms with E-state index in [1.54, 1.807) is 11.4 Å². The summed E-state index contributed by atoms with van der Waals surface area (Å²) in [4.78, 5) is 50.9. The number of nitrogens with one attached hydrogen (secondary N) is 2. The maximum atomic E-state index is 13.1. The van der Waals surface area contributed by atoms with Crippen molar-refractivity contribution in [3.63, 3.8) is 0 Å². The van der Waals surface area contributed by atoms with Gasteiger partial charge in [0.2, 0.25) is 11.8 Å².